The van der Waals surface area contributed by atoms with E-state index in [1.165, 1.54) is 11.1 Å². The third-order valence-corrected chi connectivity index (χ3v) is 3.04. The van der Waals surface area contributed by atoms with E-state index in [9.17, 15) is 4.79 Å². The minimum atomic E-state index is -0.0909. The molecule has 0 bridgehead atoms. The summed E-state index contributed by atoms with van der Waals surface area (Å²) in [5.74, 6) is -0.0909. The lowest BCUT2D eigenvalue weighted by atomic mass is 10.1. The van der Waals surface area contributed by atoms with E-state index in [1.807, 2.05) is 13.1 Å². The van der Waals surface area contributed by atoms with Gasteiger partial charge in [-0.15, -0.1) is 0 Å². The second kappa shape index (κ2) is 5.61. The molecule has 1 amide bonds. The first-order valence-electron chi connectivity index (χ1n) is 6.32. The van der Waals surface area contributed by atoms with Gasteiger partial charge in [0, 0.05) is 19.8 Å². The third-order valence-electron chi connectivity index (χ3n) is 3.04. The molecule has 1 aromatic carbocycles. The van der Waals surface area contributed by atoms with Crippen LogP contribution in [0.1, 0.15) is 21.6 Å². The number of aromatic nitrogens is 1. The first kappa shape index (κ1) is 13.2. The van der Waals surface area contributed by atoms with Crippen molar-refractivity contribution in [3.05, 3.63) is 53.3 Å². The molecule has 3 N–H and O–H groups in total. The molecule has 0 radical (unpaired) electrons. The molecule has 4 heteroatoms. The highest BCUT2D eigenvalue weighted by molar-refractivity contribution is 5.93. The summed E-state index contributed by atoms with van der Waals surface area (Å²) in [7, 11) is 1.81. The van der Waals surface area contributed by atoms with Crippen LogP contribution < -0.4 is 11.1 Å². The first-order valence-corrected chi connectivity index (χ1v) is 6.32. The predicted molar refractivity (Wildman–Crippen MR) is 77.0 cm³/mol. The summed E-state index contributed by atoms with van der Waals surface area (Å²) in [6.07, 6.45) is 2.56. The van der Waals surface area contributed by atoms with E-state index in [-0.39, 0.29) is 5.91 Å². The number of benzene rings is 1. The van der Waals surface area contributed by atoms with Crippen molar-refractivity contribution >= 4 is 11.6 Å². The fraction of sp³-hybridized carbons (Fsp3) is 0.267. The molecule has 0 aliphatic rings. The summed E-state index contributed by atoms with van der Waals surface area (Å²) in [6, 6.07) is 9.98. The number of hydrogen-bond donors (Lipinski definition) is 2. The molecule has 4 nitrogen and oxygen atoms in total. The molecule has 0 aliphatic heterocycles. The van der Waals surface area contributed by atoms with Gasteiger partial charge in [-0.05, 0) is 25.0 Å². The van der Waals surface area contributed by atoms with Crippen molar-refractivity contribution in [2.45, 2.75) is 13.3 Å². The van der Waals surface area contributed by atoms with Crippen molar-refractivity contribution in [3.63, 3.8) is 0 Å². The molecule has 1 aromatic heterocycles. The molecule has 0 atom stereocenters. The van der Waals surface area contributed by atoms with E-state index in [1.54, 1.807) is 16.8 Å². The van der Waals surface area contributed by atoms with Gasteiger partial charge in [0.2, 0.25) is 0 Å². The Morgan fingerprint density at radius 2 is 2.16 bits per heavy atom. The van der Waals surface area contributed by atoms with E-state index in [0.717, 1.165) is 6.42 Å². The van der Waals surface area contributed by atoms with E-state index in [2.05, 4.69) is 30.4 Å². The normalized spacial score (nSPS) is 10.4. The Morgan fingerprint density at radius 1 is 1.37 bits per heavy atom. The topological polar surface area (TPSA) is 60.1 Å². The maximum atomic E-state index is 11.9. The minimum Gasteiger partial charge on any atom is -0.397 e. The highest BCUT2D eigenvalue weighted by atomic mass is 16.1. The van der Waals surface area contributed by atoms with Crippen molar-refractivity contribution < 1.29 is 4.79 Å². The zero-order chi connectivity index (χ0) is 13.8. The number of nitrogens with two attached hydrogens (primary N) is 1. The van der Waals surface area contributed by atoms with Crippen LogP contribution in [-0.2, 0) is 13.5 Å². The fourth-order valence-electron chi connectivity index (χ4n) is 2.09. The summed E-state index contributed by atoms with van der Waals surface area (Å²) < 4.78 is 1.73. The number of amides is 1. The number of nitrogens with one attached hydrogen (secondary N) is 1. The van der Waals surface area contributed by atoms with Crippen molar-refractivity contribution in [3.8, 4) is 0 Å². The van der Waals surface area contributed by atoms with Crippen LogP contribution in [0.15, 0.2) is 36.5 Å². The summed E-state index contributed by atoms with van der Waals surface area (Å²) in [5, 5.41) is 2.91. The van der Waals surface area contributed by atoms with E-state index < -0.39 is 0 Å². The molecular formula is C15H19N3O. The minimum absolute atomic E-state index is 0.0909. The monoisotopic (exact) mass is 257 g/mol. The second-order valence-corrected chi connectivity index (χ2v) is 4.76. The van der Waals surface area contributed by atoms with Crippen LogP contribution in [-0.4, -0.2) is 17.0 Å². The maximum absolute atomic E-state index is 11.9. The Labute approximate surface area is 113 Å². The number of nitrogens with zero attached hydrogens (tertiary/aromatic N) is 1. The first-order chi connectivity index (χ1) is 9.06. The average Bonchev–Trinajstić information content (AvgIpc) is 2.68. The van der Waals surface area contributed by atoms with Gasteiger partial charge in [-0.3, -0.25) is 4.79 Å². The molecule has 0 spiro atoms. The van der Waals surface area contributed by atoms with Crippen LogP contribution in [0.4, 0.5) is 5.69 Å². The van der Waals surface area contributed by atoms with Crippen LogP contribution in [0.5, 0.6) is 0 Å². The van der Waals surface area contributed by atoms with Gasteiger partial charge in [0.05, 0.1) is 5.69 Å². The van der Waals surface area contributed by atoms with Gasteiger partial charge >= 0.3 is 0 Å². The van der Waals surface area contributed by atoms with E-state index in [4.69, 9.17) is 5.73 Å². The molecule has 0 unspecified atom stereocenters. The van der Waals surface area contributed by atoms with Crippen molar-refractivity contribution in [2.75, 3.05) is 12.3 Å². The van der Waals surface area contributed by atoms with Gasteiger partial charge in [-0.2, -0.15) is 0 Å². The number of carbonyl (C=O) groups excluding carboxylic acids is 1. The molecule has 0 saturated carbocycles. The highest BCUT2D eigenvalue weighted by Gasteiger charge is 2.09. The molecule has 2 aromatic rings. The van der Waals surface area contributed by atoms with Crippen molar-refractivity contribution in [1.29, 1.82) is 0 Å². The number of aryl methyl sites for hydroxylation is 2. The zero-order valence-corrected chi connectivity index (χ0v) is 11.3. The van der Waals surface area contributed by atoms with Crippen molar-refractivity contribution in [1.82, 2.24) is 9.88 Å². The van der Waals surface area contributed by atoms with E-state index >= 15 is 0 Å². The number of hydrogen-bond acceptors (Lipinski definition) is 2. The van der Waals surface area contributed by atoms with Gasteiger partial charge in [0.25, 0.3) is 5.91 Å². The van der Waals surface area contributed by atoms with Crippen molar-refractivity contribution in [2.24, 2.45) is 7.05 Å². The van der Waals surface area contributed by atoms with Gasteiger partial charge in [-0.1, -0.05) is 29.8 Å². The molecule has 2 rings (SSSR count). The Morgan fingerprint density at radius 3 is 2.79 bits per heavy atom. The average molecular weight is 257 g/mol. The smallest absolute Gasteiger partial charge is 0.267 e. The van der Waals surface area contributed by atoms with Gasteiger partial charge in [0.15, 0.2) is 0 Å². The molecule has 1 heterocycles. The molecule has 0 saturated heterocycles. The predicted octanol–water partition coefficient (Wildman–Crippen LogP) is 1.89. The Kier molecular flexibility index (Phi) is 3.90. The number of nitrogen functional groups attached to an aromatic ring is 1. The number of anilines is 1. The Balaban J connectivity index is 1.89. The third kappa shape index (κ3) is 3.37. The second-order valence-electron chi connectivity index (χ2n) is 4.76. The van der Waals surface area contributed by atoms with E-state index in [0.29, 0.717) is 17.9 Å². The molecule has 0 aliphatic carbocycles. The lowest BCUT2D eigenvalue weighted by Gasteiger charge is -2.06. The van der Waals surface area contributed by atoms with Crippen LogP contribution in [0, 0.1) is 6.92 Å². The maximum Gasteiger partial charge on any atom is 0.267 e. The van der Waals surface area contributed by atoms with Gasteiger partial charge in [-0.25, -0.2) is 0 Å². The zero-order valence-electron chi connectivity index (χ0n) is 11.3. The Bertz CT molecular complexity index is 587. The highest BCUT2D eigenvalue weighted by Crippen LogP contribution is 2.08. The lowest BCUT2D eigenvalue weighted by Crippen LogP contribution is -2.27. The lowest BCUT2D eigenvalue weighted by molar-refractivity contribution is 0.0946. The summed E-state index contributed by atoms with van der Waals surface area (Å²) in [5.41, 5.74) is 9.30. The quantitative estimate of drug-likeness (QED) is 0.878. The summed E-state index contributed by atoms with van der Waals surface area (Å²) in [6.45, 7) is 2.68. The molecular weight excluding hydrogens is 238 g/mol. The number of rotatable bonds is 4. The summed E-state index contributed by atoms with van der Waals surface area (Å²) >= 11 is 0. The SMILES string of the molecule is Cc1cccc(CCNC(=O)c2cc(N)cn2C)c1. The van der Waals surface area contributed by atoms with Gasteiger partial charge < -0.3 is 15.6 Å². The standard InChI is InChI=1S/C15H19N3O/c1-11-4-3-5-12(8-11)6-7-17-15(19)14-9-13(16)10-18(14)2/h3-5,8-10H,6-7,16H2,1-2H3,(H,17,19). The van der Waals surface area contributed by atoms with Crippen LogP contribution >= 0.6 is 0 Å². The largest absolute Gasteiger partial charge is 0.397 e. The van der Waals surface area contributed by atoms with Crippen LogP contribution in [0.2, 0.25) is 0 Å². The van der Waals surface area contributed by atoms with Gasteiger partial charge in [0.1, 0.15) is 5.69 Å². The fourth-order valence-corrected chi connectivity index (χ4v) is 2.09. The Hall–Kier alpha value is -2.23. The van der Waals surface area contributed by atoms with Crippen LogP contribution in [0.3, 0.4) is 0 Å². The van der Waals surface area contributed by atoms with Crippen LogP contribution in [0.25, 0.3) is 0 Å². The molecule has 100 valence electrons. The summed E-state index contributed by atoms with van der Waals surface area (Å²) in [4.78, 5) is 11.9. The number of carbonyl (C=O) groups is 1. The molecule has 19 heavy (non-hydrogen) atoms. The molecule has 0 fully saturated rings.